The van der Waals surface area contributed by atoms with Gasteiger partial charge in [-0.25, -0.2) is 4.98 Å². The minimum Gasteiger partial charge on any atom is -0.371 e. The molecule has 5 nitrogen and oxygen atoms in total. The number of likely N-dealkylation sites (tertiary alicyclic amines) is 1. The van der Waals surface area contributed by atoms with Crippen molar-refractivity contribution in [2.75, 3.05) is 39.3 Å². The third-order valence-electron chi connectivity index (χ3n) is 7.29. The molecule has 0 radical (unpaired) electrons. The quantitative estimate of drug-likeness (QED) is 0.402. The fourth-order valence-electron chi connectivity index (χ4n) is 5.24. The zero-order valence-corrected chi connectivity index (χ0v) is 21.9. The van der Waals surface area contributed by atoms with Gasteiger partial charge in [0.2, 0.25) is 0 Å². The number of hydrogen-bond acceptors (Lipinski definition) is 5. The highest BCUT2D eigenvalue weighted by Gasteiger charge is 2.41. The first-order valence-corrected chi connectivity index (χ1v) is 13.7. The van der Waals surface area contributed by atoms with Gasteiger partial charge >= 0.3 is 0 Å². The molecule has 3 heterocycles. The molecule has 0 saturated carbocycles. The lowest BCUT2D eigenvalue weighted by Crippen LogP contribution is -2.58. The summed E-state index contributed by atoms with van der Waals surface area (Å²) in [5.74, 6) is 0.439. The molecule has 2 saturated heterocycles. The molecule has 0 N–H and O–H groups in total. The highest BCUT2D eigenvalue weighted by molar-refractivity contribution is 7.09. The van der Waals surface area contributed by atoms with Crippen molar-refractivity contribution in [3.63, 3.8) is 0 Å². The van der Waals surface area contributed by atoms with Crippen molar-refractivity contribution in [2.45, 2.75) is 97.5 Å². The van der Waals surface area contributed by atoms with Crippen molar-refractivity contribution in [1.82, 2.24) is 14.8 Å². The van der Waals surface area contributed by atoms with Crippen molar-refractivity contribution in [2.24, 2.45) is 5.41 Å². The summed E-state index contributed by atoms with van der Waals surface area (Å²) in [6.45, 7) is 16.7. The van der Waals surface area contributed by atoms with E-state index in [4.69, 9.17) is 4.74 Å². The SMILES string of the molecule is CCCC(C)(C)CCCCCN1CCC2(CC1)CN(C(=O)c1csc(C(C)C)n1)CCO2. The van der Waals surface area contributed by atoms with Gasteiger partial charge in [0, 0.05) is 30.9 Å². The molecular formula is C26H45N3O2S. The number of carbonyl (C=O) groups is 1. The number of nitrogens with zero attached hydrogens (tertiary/aromatic N) is 3. The third kappa shape index (κ3) is 7.01. The molecule has 1 aromatic heterocycles. The molecule has 1 aromatic rings. The van der Waals surface area contributed by atoms with Crippen molar-refractivity contribution in [1.29, 1.82) is 0 Å². The van der Waals surface area contributed by atoms with Crippen LogP contribution in [-0.4, -0.2) is 65.6 Å². The Hall–Kier alpha value is -0.980. The van der Waals surface area contributed by atoms with E-state index in [1.807, 2.05) is 10.3 Å². The van der Waals surface area contributed by atoms with Gasteiger partial charge in [0.05, 0.1) is 23.8 Å². The molecule has 0 bridgehead atoms. The number of carbonyl (C=O) groups excluding carboxylic acids is 1. The Morgan fingerprint density at radius 3 is 2.59 bits per heavy atom. The van der Waals surface area contributed by atoms with Crippen LogP contribution in [0.2, 0.25) is 0 Å². The lowest BCUT2D eigenvalue weighted by Gasteiger charge is -2.47. The van der Waals surface area contributed by atoms with Crippen molar-refractivity contribution in [3.05, 3.63) is 16.1 Å². The first kappa shape index (κ1) is 25.6. The zero-order valence-electron chi connectivity index (χ0n) is 21.1. The average Bonchev–Trinajstić information content (AvgIpc) is 3.25. The summed E-state index contributed by atoms with van der Waals surface area (Å²) in [5, 5.41) is 2.96. The van der Waals surface area contributed by atoms with Crippen LogP contribution in [0.3, 0.4) is 0 Å². The van der Waals surface area contributed by atoms with Crippen LogP contribution in [0.1, 0.15) is 107 Å². The Morgan fingerprint density at radius 2 is 1.94 bits per heavy atom. The largest absolute Gasteiger partial charge is 0.371 e. The van der Waals surface area contributed by atoms with E-state index in [1.165, 1.54) is 45.1 Å². The number of morpholine rings is 1. The molecule has 0 aliphatic carbocycles. The van der Waals surface area contributed by atoms with Crippen LogP contribution >= 0.6 is 11.3 Å². The van der Waals surface area contributed by atoms with Crippen LogP contribution in [0.25, 0.3) is 0 Å². The fraction of sp³-hybridized carbons (Fsp3) is 0.846. The Bertz CT molecular complexity index is 722. The van der Waals surface area contributed by atoms with Gasteiger partial charge in [0.25, 0.3) is 5.91 Å². The standard InChI is InChI=1S/C26H45N3O2S/c1-6-10-25(4,5)11-8-7-9-14-28-15-12-26(13-16-28)20-29(17-18-31-26)24(30)22-19-32-23(27-22)21(2)3/h19,21H,6-18,20H2,1-5H3. The third-order valence-corrected chi connectivity index (χ3v) is 8.44. The van der Waals surface area contributed by atoms with Crippen LogP contribution in [0, 0.1) is 5.41 Å². The summed E-state index contributed by atoms with van der Waals surface area (Å²) in [6.07, 6.45) is 9.99. The Balaban J connectivity index is 1.41. The van der Waals surface area contributed by atoms with E-state index in [2.05, 4.69) is 44.5 Å². The molecule has 2 aliphatic heterocycles. The summed E-state index contributed by atoms with van der Waals surface area (Å²) in [6, 6.07) is 0. The lowest BCUT2D eigenvalue weighted by molar-refractivity contribution is -0.127. The predicted molar refractivity (Wildman–Crippen MR) is 134 cm³/mol. The number of amides is 1. The first-order valence-electron chi connectivity index (χ1n) is 12.8. The second kappa shape index (κ2) is 11.4. The van der Waals surface area contributed by atoms with Crippen molar-refractivity contribution >= 4 is 17.2 Å². The van der Waals surface area contributed by atoms with Gasteiger partial charge in [0.1, 0.15) is 5.69 Å². The molecule has 1 amide bonds. The Kier molecular flexibility index (Phi) is 9.16. The van der Waals surface area contributed by atoms with E-state index >= 15 is 0 Å². The number of piperidine rings is 1. The highest BCUT2D eigenvalue weighted by Crippen LogP contribution is 2.32. The van der Waals surface area contributed by atoms with E-state index in [-0.39, 0.29) is 11.5 Å². The van der Waals surface area contributed by atoms with E-state index < -0.39 is 0 Å². The molecule has 0 aromatic carbocycles. The second-order valence-electron chi connectivity index (χ2n) is 11.1. The zero-order chi connectivity index (χ0) is 23.2. The van der Waals surface area contributed by atoms with E-state index in [0.29, 0.717) is 36.7 Å². The Labute approximate surface area is 199 Å². The summed E-state index contributed by atoms with van der Waals surface area (Å²) in [4.78, 5) is 22.2. The Morgan fingerprint density at radius 1 is 1.19 bits per heavy atom. The van der Waals surface area contributed by atoms with Crippen molar-refractivity contribution < 1.29 is 9.53 Å². The molecule has 0 atom stereocenters. The number of ether oxygens (including phenoxy) is 1. The maximum Gasteiger partial charge on any atom is 0.273 e. The monoisotopic (exact) mass is 463 g/mol. The van der Waals surface area contributed by atoms with Gasteiger partial charge in [-0.1, -0.05) is 53.9 Å². The van der Waals surface area contributed by atoms with Gasteiger partial charge in [-0.05, 0) is 44.1 Å². The van der Waals surface area contributed by atoms with Gasteiger partial charge in [-0.3, -0.25) is 4.79 Å². The van der Waals surface area contributed by atoms with E-state index in [0.717, 1.165) is 30.9 Å². The maximum absolute atomic E-state index is 13.0. The molecule has 2 aliphatic rings. The van der Waals surface area contributed by atoms with Crippen molar-refractivity contribution in [3.8, 4) is 0 Å². The van der Waals surface area contributed by atoms with Crippen LogP contribution in [0.5, 0.6) is 0 Å². The summed E-state index contributed by atoms with van der Waals surface area (Å²) in [5.41, 5.74) is 0.948. The minimum atomic E-state index is -0.161. The van der Waals surface area contributed by atoms with E-state index in [1.54, 1.807) is 11.3 Å². The molecule has 2 fully saturated rings. The topological polar surface area (TPSA) is 45.7 Å². The van der Waals surface area contributed by atoms with Crippen LogP contribution in [0.15, 0.2) is 5.38 Å². The van der Waals surface area contributed by atoms with Gasteiger partial charge in [0.15, 0.2) is 0 Å². The molecular weight excluding hydrogens is 418 g/mol. The number of thiazole rings is 1. The number of hydrogen-bond donors (Lipinski definition) is 0. The normalized spacial score (nSPS) is 19.8. The number of aromatic nitrogens is 1. The molecule has 1 spiro atoms. The number of unbranched alkanes of at least 4 members (excludes halogenated alkanes) is 2. The average molecular weight is 464 g/mol. The number of rotatable bonds is 10. The molecule has 0 unspecified atom stereocenters. The molecule has 3 rings (SSSR count). The summed E-state index contributed by atoms with van der Waals surface area (Å²) >= 11 is 1.60. The first-order chi connectivity index (χ1) is 15.2. The smallest absolute Gasteiger partial charge is 0.273 e. The summed E-state index contributed by atoms with van der Waals surface area (Å²) < 4.78 is 6.28. The van der Waals surface area contributed by atoms with Crippen LogP contribution < -0.4 is 0 Å². The second-order valence-corrected chi connectivity index (χ2v) is 11.9. The lowest BCUT2D eigenvalue weighted by atomic mass is 9.83. The molecule has 182 valence electrons. The fourth-order valence-corrected chi connectivity index (χ4v) is 6.04. The van der Waals surface area contributed by atoms with Crippen LogP contribution in [-0.2, 0) is 4.74 Å². The predicted octanol–water partition coefficient (Wildman–Crippen LogP) is 5.96. The highest BCUT2D eigenvalue weighted by atomic mass is 32.1. The van der Waals surface area contributed by atoms with Gasteiger partial charge in [-0.2, -0.15) is 0 Å². The summed E-state index contributed by atoms with van der Waals surface area (Å²) in [7, 11) is 0. The minimum absolute atomic E-state index is 0.0734. The van der Waals surface area contributed by atoms with Gasteiger partial charge in [-0.15, -0.1) is 11.3 Å². The van der Waals surface area contributed by atoms with E-state index in [9.17, 15) is 4.79 Å². The molecule has 32 heavy (non-hydrogen) atoms. The van der Waals surface area contributed by atoms with Gasteiger partial charge < -0.3 is 14.5 Å². The van der Waals surface area contributed by atoms with Crippen LogP contribution in [0.4, 0.5) is 0 Å². The maximum atomic E-state index is 13.0. The molecule has 6 heteroatoms.